The average Bonchev–Trinajstić information content (AvgIpc) is 2.79. The van der Waals surface area contributed by atoms with Crippen molar-refractivity contribution in [2.45, 2.75) is 6.04 Å². The predicted octanol–water partition coefficient (Wildman–Crippen LogP) is 3.62. The van der Waals surface area contributed by atoms with Gasteiger partial charge in [0.1, 0.15) is 17.5 Å². The fourth-order valence-electron chi connectivity index (χ4n) is 3.80. The minimum atomic E-state index is -0.211. The van der Waals surface area contributed by atoms with Crippen LogP contribution in [-0.4, -0.2) is 54.6 Å². The van der Waals surface area contributed by atoms with Crippen molar-refractivity contribution in [1.29, 1.82) is 0 Å². The zero-order chi connectivity index (χ0) is 20.1. The average molecular weight is 391 g/mol. The van der Waals surface area contributed by atoms with Crippen molar-refractivity contribution in [2.75, 3.05) is 49.6 Å². The summed E-state index contributed by atoms with van der Waals surface area (Å²) in [5, 5.41) is 0. The van der Waals surface area contributed by atoms with Crippen LogP contribution >= 0.6 is 0 Å². The van der Waals surface area contributed by atoms with E-state index in [4.69, 9.17) is 0 Å². The molecule has 1 fully saturated rings. The molecule has 2 aromatic heterocycles. The molecule has 1 atom stereocenters. The van der Waals surface area contributed by atoms with Gasteiger partial charge in [0.05, 0.1) is 6.04 Å². The van der Waals surface area contributed by atoms with Gasteiger partial charge in [0.15, 0.2) is 0 Å². The van der Waals surface area contributed by atoms with E-state index in [1.165, 1.54) is 12.1 Å². The second kappa shape index (κ2) is 9.01. The molecule has 3 aromatic rings. The van der Waals surface area contributed by atoms with Gasteiger partial charge in [-0.05, 0) is 42.0 Å². The molecule has 0 amide bonds. The number of halogens is 1. The topological polar surface area (TPSA) is 35.5 Å². The maximum Gasteiger partial charge on any atom is 0.128 e. The lowest BCUT2D eigenvalue weighted by Crippen LogP contribution is -2.49. The van der Waals surface area contributed by atoms with Gasteiger partial charge in [-0.1, -0.05) is 24.3 Å². The van der Waals surface area contributed by atoms with E-state index in [1.54, 1.807) is 6.20 Å². The van der Waals surface area contributed by atoms with E-state index >= 15 is 0 Å². The monoisotopic (exact) mass is 391 g/mol. The largest absolute Gasteiger partial charge is 0.354 e. The van der Waals surface area contributed by atoms with Gasteiger partial charge in [-0.2, -0.15) is 0 Å². The molecule has 0 radical (unpaired) electrons. The normalized spacial score (nSPS) is 15.9. The lowest BCUT2D eigenvalue weighted by atomic mass is 10.0. The molecule has 1 saturated heterocycles. The van der Waals surface area contributed by atoms with Crippen LogP contribution in [0.15, 0.2) is 73.1 Å². The van der Waals surface area contributed by atoms with Gasteiger partial charge in [0, 0.05) is 52.2 Å². The van der Waals surface area contributed by atoms with Crippen molar-refractivity contribution in [1.82, 2.24) is 14.9 Å². The fourth-order valence-corrected chi connectivity index (χ4v) is 3.80. The molecular formula is C23H26FN5. The lowest BCUT2D eigenvalue weighted by molar-refractivity contribution is 0.240. The molecule has 1 aromatic carbocycles. The fraction of sp³-hybridized carbons (Fsp3) is 0.304. The Bertz CT molecular complexity index is 880. The Morgan fingerprint density at radius 3 is 2.21 bits per heavy atom. The van der Waals surface area contributed by atoms with Gasteiger partial charge in [0.25, 0.3) is 0 Å². The Kier molecular flexibility index (Phi) is 6.00. The molecule has 0 aliphatic carbocycles. The number of anilines is 2. The highest BCUT2D eigenvalue weighted by atomic mass is 19.1. The second-order valence-corrected chi connectivity index (χ2v) is 7.34. The van der Waals surface area contributed by atoms with E-state index in [1.807, 2.05) is 48.7 Å². The first-order chi connectivity index (χ1) is 14.2. The van der Waals surface area contributed by atoms with E-state index in [-0.39, 0.29) is 11.9 Å². The summed E-state index contributed by atoms with van der Waals surface area (Å²) in [6.45, 7) is 4.67. The van der Waals surface area contributed by atoms with E-state index in [2.05, 4.69) is 37.8 Å². The molecule has 3 heterocycles. The van der Waals surface area contributed by atoms with Crippen LogP contribution in [0.25, 0.3) is 0 Å². The maximum atomic E-state index is 13.5. The van der Waals surface area contributed by atoms with Crippen LogP contribution in [0.5, 0.6) is 0 Å². The third kappa shape index (κ3) is 4.71. The molecule has 0 N–H and O–H groups in total. The van der Waals surface area contributed by atoms with Crippen molar-refractivity contribution in [3.8, 4) is 0 Å². The van der Waals surface area contributed by atoms with Crippen LogP contribution in [0, 0.1) is 5.82 Å². The van der Waals surface area contributed by atoms with E-state index in [9.17, 15) is 4.39 Å². The van der Waals surface area contributed by atoms with Crippen LogP contribution in [0.2, 0.25) is 0 Å². The third-order valence-electron chi connectivity index (χ3n) is 5.51. The van der Waals surface area contributed by atoms with Gasteiger partial charge < -0.3 is 9.80 Å². The summed E-state index contributed by atoms with van der Waals surface area (Å²) in [5.74, 6) is 1.73. The first kappa shape index (κ1) is 19.3. The predicted molar refractivity (Wildman–Crippen MR) is 115 cm³/mol. The summed E-state index contributed by atoms with van der Waals surface area (Å²) in [6.07, 6.45) is 3.65. The van der Waals surface area contributed by atoms with Crippen LogP contribution < -0.4 is 9.80 Å². The number of piperazine rings is 1. The Labute approximate surface area is 171 Å². The van der Waals surface area contributed by atoms with Crippen molar-refractivity contribution >= 4 is 11.6 Å². The third-order valence-corrected chi connectivity index (χ3v) is 5.51. The quantitative estimate of drug-likeness (QED) is 0.641. The lowest BCUT2D eigenvalue weighted by Gasteiger charge is -2.39. The highest BCUT2D eigenvalue weighted by Gasteiger charge is 2.25. The van der Waals surface area contributed by atoms with E-state index in [0.717, 1.165) is 49.9 Å². The Hall–Kier alpha value is -2.99. The second-order valence-electron chi connectivity index (χ2n) is 7.34. The van der Waals surface area contributed by atoms with Gasteiger partial charge >= 0.3 is 0 Å². The highest BCUT2D eigenvalue weighted by molar-refractivity contribution is 5.42. The van der Waals surface area contributed by atoms with Crippen LogP contribution in [0.1, 0.15) is 11.6 Å². The molecule has 1 aliphatic rings. The Balaban J connectivity index is 1.48. The summed E-state index contributed by atoms with van der Waals surface area (Å²) in [4.78, 5) is 15.9. The minimum Gasteiger partial charge on any atom is -0.354 e. The number of rotatable bonds is 6. The highest BCUT2D eigenvalue weighted by Crippen LogP contribution is 2.26. The van der Waals surface area contributed by atoms with E-state index in [0.29, 0.717) is 0 Å². The summed E-state index contributed by atoms with van der Waals surface area (Å²) < 4.78 is 13.5. The summed E-state index contributed by atoms with van der Waals surface area (Å²) in [7, 11) is 2.06. The smallest absolute Gasteiger partial charge is 0.128 e. The van der Waals surface area contributed by atoms with Crippen molar-refractivity contribution in [3.63, 3.8) is 0 Å². The number of aromatic nitrogens is 2. The first-order valence-corrected chi connectivity index (χ1v) is 9.98. The number of benzene rings is 1. The number of hydrogen-bond acceptors (Lipinski definition) is 5. The van der Waals surface area contributed by atoms with E-state index < -0.39 is 0 Å². The molecule has 29 heavy (non-hydrogen) atoms. The van der Waals surface area contributed by atoms with Crippen LogP contribution in [-0.2, 0) is 0 Å². The molecule has 1 unspecified atom stereocenters. The maximum absolute atomic E-state index is 13.5. The molecule has 0 bridgehead atoms. The Morgan fingerprint density at radius 2 is 1.59 bits per heavy atom. The SMILES string of the molecule is CN(c1ccccn1)C(CN1CCN(c2ccccn2)CC1)c1ccc(F)cc1. The van der Waals surface area contributed by atoms with Gasteiger partial charge in [-0.3, -0.25) is 4.90 Å². The number of nitrogens with zero attached hydrogens (tertiary/aromatic N) is 5. The van der Waals surface area contributed by atoms with Crippen molar-refractivity contribution in [2.24, 2.45) is 0 Å². The summed E-state index contributed by atoms with van der Waals surface area (Å²) >= 11 is 0. The molecule has 0 spiro atoms. The molecule has 5 nitrogen and oxygen atoms in total. The van der Waals surface area contributed by atoms with Crippen molar-refractivity contribution in [3.05, 3.63) is 84.4 Å². The minimum absolute atomic E-state index is 0.0897. The zero-order valence-electron chi connectivity index (χ0n) is 16.7. The molecular weight excluding hydrogens is 365 g/mol. The number of hydrogen-bond donors (Lipinski definition) is 0. The summed E-state index contributed by atoms with van der Waals surface area (Å²) in [5.41, 5.74) is 1.09. The first-order valence-electron chi connectivity index (χ1n) is 9.98. The molecule has 6 heteroatoms. The molecule has 150 valence electrons. The van der Waals surface area contributed by atoms with Crippen LogP contribution in [0.4, 0.5) is 16.0 Å². The van der Waals surface area contributed by atoms with Gasteiger partial charge in [0.2, 0.25) is 0 Å². The van der Waals surface area contributed by atoms with Gasteiger partial charge in [-0.25, -0.2) is 14.4 Å². The van der Waals surface area contributed by atoms with Crippen LogP contribution in [0.3, 0.4) is 0 Å². The Morgan fingerprint density at radius 1 is 0.897 bits per heavy atom. The number of likely N-dealkylation sites (N-methyl/N-ethyl adjacent to an activating group) is 1. The molecule has 1 aliphatic heterocycles. The molecule has 4 rings (SSSR count). The standard InChI is InChI=1S/C23H26FN5/c1-27(22-6-2-4-12-25-22)21(19-8-10-20(24)11-9-19)18-28-14-16-29(17-15-28)23-7-3-5-13-26-23/h2-13,21H,14-18H2,1H3. The zero-order valence-corrected chi connectivity index (χ0v) is 16.7. The number of pyridine rings is 2. The molecule has 0 saturated carbocycles. The van der Waals surface area contributed by atoms with Gasteiger partial charge in [-0.15, -0.1) is 0 Å². The van der Waals surface area contributed by atoms with Crippen molar-refractivity contribution < 1.29 is 4.39 Å². The summed E-state index contributed by atoms with van der Waals surface area (Å²) in [6, 6.07) is 18.9.